The van der Waals surface area contributed by atoms with Gasteiger partial charge in [0.2, 0.25) is 0 Å². The monoisotopic (exact) mass is 259 g/mol. The number of hydrogen-bond acceptors (Lipinski definition) is 3. The van der Waals surface area contributed by atoms with Gasteiger partial charge in [-0.2, -0.15) is 13.2 Å². The Morgan fingerprint density at radius 2 is 1.89 bits per heavy atom. The fraction of sp³-hybridized carbons (Fsp3) is 0.182. The summed E-state index contributed by atoms with van der Waals surface area (Å²) in [4.78, 5) is 10.8. The summed E-state index contributed by atoms with van der Waals surface area (Å²) in [5.41, 5.74) is 1.58. The van der Waals surface area contributed by atoms with E-state index in [1.54, 1.807) is 12.1 Å². The van der Waals surface area contributed by atoms with Crippen LogP contribution in [0.3, 0.4) is 0 Å². The van der Waals surface area contributed by atoms with Crippen molar-refractivity contribution in [1.29, 1.82) is 0 Å². The summed E-state index contributed by atoms with van der Waals surface area (Å²) in [6.45, 7) is 0. The highest BCUT2D eigenvalue weighted by molar-refractivity contribution is 5.84. The molecule has 1 atom stereocenters. The number of nitrogens with two attached hydrogens (primary N) is 1. The van der Waals surface area contributed by atoms with Gasteiger partial charge in [-0.25, -0.2) is 4.79 Å². The normalized spacial score (nSPS) is 15.6. The third-order valence-electron chi connectivity index (χ3n) is 2.60. The lowest BCUT2D eigenvalue weighted by Gasteiger charge is -2.24. The van der Waals surface area contributed by atoms with Crippen LogP contribution in [0.5, 0.6) is 0 Å². The van der Waals surface area contributed by atoms with Gasteiger partial charge in [0.05, 0.1) is 0 Å². The summed E-state index contributed by atoms with van der Waals surface area (Å²) in [5.74, 6) is -3.06. The Hall–Kier alpha value is -2.02. The number of aliphatic carboxylic acids is 1. The Labute approximate surface area is 98.8 Å². The second kappa shape index (κ2) is 3.74. The highest BCUT2D eigenvalue weighted by Crippen LogP contribution is 2.39. The first-order chi connectivity index (χ1) is 8.26. The summed E-state index contributed by atoms with van der Waals surface area (Å²) in [5, 5.41) is 9.10. The van der Waals surface area contributed by atoms with Crippen molar-refractivity contribution in [2.24, 2.45) is 5.73 Å². The molecule has 3 N–H and O–H groups in total. The van der Waals surface area contributed by atoms with Crippen LogP contribution in [0.2, 0.25) is 0 Å². The lowest BCUT2D eigenvalue weighted by molar-refractivity contribution is -0.208. The topological polar surface area (TPSA) is 76.5 Å². The van der Waals surface area contributed by atoms with E-state index in [0.29, 0.717) is 5.39 Å². The van der Waals surface area contributed by atoms with E-state index in [-0.39, 0.29) is 5.58 Å². The van der Waals surface area contributed by atoms with E-state index in [4.69, 9.17) is 15.3 Å². The molecule has 7 heteroatoms. The Morgan fingerprint density at radius 3 is 2.39 bits per heavy atom. The van der Waals surface area contributed by atoms with Gasteiger partial charge < -0.3 is 15.3 Å². The van der Waals surface area contributed by atoms with Gasteiger partial charge in [0.1, 0.15) is 11.3 Å². The number of fused-ring (bicyclic) bond motifs is 1. The van der Waals surface area contributed by atoms with Crippen LogP contribution in [-0.4, -0.2) is 17.3 Å². The number of benzene rings is 1. The van der Waals surface area contributed by atoms with Gasteiger partial charge in [-0.15, -0.1) is 0 Å². The molecule has 1 aromatic heterocycles. The number of alkyl halides is 3. The quantitative estimate of drug-likeness (QED) is 0.867. The maximum absolute atomic E-state index is 12.8. The Balaban J connectivity index is 2.66. The van der Waals surface area contributed by atoms with Crippen LogP contribution >= 0.6 is 0 Å². The molecule has 0 fully saturated rings. The minimum absolute atomic E-state index is 0.146. The molecule has 4 nitrogen and oxygen atoms in total. The summed E-state index contributed by atoms with van der Waals surface area (Å²) < 4.78 is 43.3. The molecular weight excluding hydrogens is 251 g/mol. The molecule has 0 bridgehead atoms. The van der Waals surface area contributed by atoms with Gasteiger partial charge in [0, 0.05) is 5.39 Å². The lowest BCUT2D eigenvalue weighted by Crippen LogP contribution is -2.56. The molecule has 0 saturated carbocycles. The van der Waals surface area contributed by atoms with Gasteiger partial charge in [0.15, 0.2) is 0 Å². The maximum atomic E-state index is 12.8. The zero-order chi connectivity index (χ0) is 13.6. The number of carboxylic acids is 1. The van der Waals surface area contributed by atoms with Crippen LogP contribution in [-0.2, 0) is 10.3 Å². The number of halogens is 3. The van der Waals surface area contributed by atoms with Crippen LogP contribution in [0.25, 0.3) is 11.0 Å². The van der Waals surface area contributed by atoms with E-state index in [1.807, 2.05) is 0 Å². The standard InChI is InChI=1S/C11H8F3NO3/c12-11(13,14)10(15,9(16)17)8-5-6-3-1-2-4-7(6)18-8/h1-5H,15H2,(H,16,17). The van der Waals surface area contributed by atoms with E-state index in [1.165, 1.54) is 12.1 Å². The van der Waals surface area contributed by atoms with Gasteiger partial charge in [-0.3, -0.25) is 0 Å². The smallest absolute Gasteiger partial charge is 0.424 e. The number of para-hydroxylation sites is 1. The molecule has 96 valence electrons. The predicted octanol–water partition coefficient (Wildman–Crippen LogP) is 2.23. The van der Waals surface area contributed by atoms with Crippen molar-refractivity contribution < 1.29 is 27.5 Å². The highest BCUT2D eigenvalue weighted by Gasteiger charge is 2.62. The number of carboxylic acid groups (broad SMARTS) is 1. The molecule has 0 aliphatic carbocycles. The van der Waals surface area contributed by atoms with Crippen LogP contribution < -0.4 is 5.73 Å². The van der Waals surface area contributed by atoms with Crippen molar-refractivity contribution in [2.45, 2.75) is 11.7 Å². The molecule has 1 heterocycles. The molecular formula is C11H8F3NO3. The van der Waals surface area contributed by atoms with Crippen molar-refractivity contribution in [1.82, 2.24) is 0 Å². The van der Waals surface area contributed by atoms with Crippen molar-refractivity contribution >= 4 is 16.9 Å². The third-order valence-corrected chi connectivity index (χ3v) is 2.60. The molecule has 0 saturated heterocycles. The van der Waals surface area contributed by atoms with E-state index in [0.717, 1.165) is 6.07 Å². The summed E-state index contributed by atoms with van der Waals surface area (Å²) >= 11 is 0. The molecule has 0 radical (unpaired) electrons. The van der Waals surface area contributed by atoms with Gasteiger partial charge >= 0.3 is 12.1 Å². The minimum Gasteiger partial charge on any atom is -0.479 e. The fourth-order valence-electron chi connectivity index (χ4n) is 1.54. The first-order valence-electron chi connectivity index (χ1n) is 4.85. The maximum Gasteiger partial charge on any atom is 0.424 e. The van der Waals surface area contributed by atoms with Crippen molar-refractivity contribution in [3.63, 3.8) is 0 Å². The SMILES string of the molecule is NC(C(=O)O)(c1cc2ccccc2o1)C(F)(F)F. The van der Waals surface area contributed by atoms with E-state index in [9.17, 15) is 18.0 Å². The van der Waals surface area contributed by atoms with E-state index < -0.39 is 23.4 Å². The summed E-state index contributed by atoms with van der Waals surface area (Å²) in [6.07, 6.45) is -5.16. The molecule has 1 aromatic carbocycles. The molecule has 0 amide bonds. The van der Waals surface area contributed by atoms with Crippen LogP contribution in [0.1, 0.15) is 5.76 Å². The Kier molecular flexibility index (Phi) is 2.58. The van der Waals surface area contributed by atoms with Gasteiger partial charge in [-0.05, 0) is 12.1 Å². The van der Waals surface area contributed by atoms with E-state index >= 15 is 0 Å². The Morgan fingerprint density at radius 1 is 1.28 bits per heavy atom. The zero-order valence-corrected chi connectivity index (χ0v) is 8.86. The number of carbonyl (C=O) groups is 1. The number of hydrogen-bond donors (Lipinski definition) is 2. The van der Waals surface area contributed by atoms with Crippen LogP contribution in [0, 0.1) is 0 Å². The lowest BCUT2D eigenvalue weighted by atomic mass is 9.97. The number of rotatable bonds is 2. The molecule has 0 aliphatic rings. The second-order valence-electron chi connectivity index (χ2n) is 3.76. The van der Waals surface area contributed by atoms with Crippen molar-refractivity contribution in [2.75, 3.05) is 0 Å². The predicted molar refractivity (Wildman–Crippen MR) is 55.8 cm³/mol. The first-order valence-corrected chi connectivity index (χ1v) is 4.85. The molecule has 0 aliphatic heterocycles. The van der Waals surface area contributed by atoms with Crippen molar-refractivity contribution in [3.8, 4) is 0 Å². The average Bonchev–Trinajstić information content (AvgIpc) is 2.69. The fourth-order valence-corrected chi connectivity index (χ4v) is 1.54. The average molecular weight is 259 g/mol. The van der Waals surface area contributed by atoms with Crippen LogP contribution in [0.4, 0.5) is 13.2 Å². The molecule has 18 heavy (non-hydrogen) atoms. The van der Waals surface area contributed by atoms with E-state index in [2.05, 4.69) is 0 Å². The molecule has 2 rings (SSSR count). The highest BCUT2D eigenvalue weighted by atomic mass is 19.4. The summed E-state index contributed by atoms with van der Waals surface area (Å²) in [6, 6.07) is 7.06. The number of furan rings is 1. The molecule has 0 spiro atoms. The van der Waals surface area contributed by atoms with Crippen molar-refractivity contribution in [3.05, 3.63) is 36.1 Å². The summed E-state index contributed by atoms with van der Waals surface area (Å²) in [7, 11) is 0. The molecule has 2 aromatic rings. The minimum atomic E-state index is -5.16. The first kappa shape index (κ1) is 12.4. The third kappa shape index (κ3) is 1.63. The largest absolute Gasteiger partial charge is 0.479 e. The van der Waals surface area contributed by atoms with Gasteiger partial charge in [0.25, 0.3) is 5.54 Å². The zero-order valence-electron chi connectivity index (χ0n) is 8.86. The second-order valence-corrected chi connectivity index (χ2v) is 3.76. The Bertz CT molecular complexity index is 572. The van der Waals surface area contributed by atoms with Crippen LogP contribution in [0.15, 0.2) is 34.7 Å². The van der Waals surface area contributed by atoms with Gasteiger partial charge in [-0.1, -0.05) is 18.2 Å². The molecule has 1 unspecified atom stereocenters.